The first-order chi connectivity index (χ1) is 14.1. The minimum Gasteiger partial charge on any atom is -0.295 e. The molecule has 0 aliphatic heterocycles. The van der Waals surface area contributed by atoms with Gasteiger partial charge in [-0.3, -0.25) is 9.59 Å². The van der Waals surface area contributed by atoms with Crippen LogP contribution in [0.2, 0.25) is 0 Å². The first-order valence-corrected chi connectivity index (χ1v) is 12.3. The molecule has 0 amide bonds. The molecule has 30 heavy (non-hydrogen) atoms. The summed E-state index contributed by atoms with van der Waals surface area (Å²) in [4.78, 5) is 25.1. The van der Waals surface area contributed by atoms with Gasteiger partial charge in [-0.25, -0.2) is 0 Å². The van der Waals surface area contributed by atoms with E-state index < -0.39 is 0 Å². The summed E-state index contributed by atoms with van der Waals surface area (Å²) in [7, 11) is 0. The standard InChI is InChI=1S/C28H40O2/c1-17(2)18(3)7-8-19(4)22-9-10-23-21-16-26(30)25-15-20(29)11-13-28(25,6)24(21)12-14-27(22,23)5/h7-8,15-19,22-24H,9-14H2,1-6H3/b8-7+. The largest absolute Gasteiger partial charge is 0.295 e. The van der Waals surface area contributed by atoms with Crippen molar-refractivity contribution in [2.45, 2.75) is 80.1 Å². The van der Waals surface area contributed by atoms with Gasteiger partial charge in [-0.2, -0.15) is 0 Å². The lowest BCUT2D eigenvalue weighted by Crippen LogP contribution is -2.48. The molecule has 4 rings (SSSR count). The maximum absolute atomic E-state index is 13.1. The lowest BCUT2D eigenvalue weighted by atomic mass is 9.49. The molecule has 0 aromatic heterocycles. The summed E-state index contributed by atoms with van der Waals surface area (Å²) in [6, 6.07) is 0. The van der Waals surface area contributed by atoms with E-state index in [9.17, 15) is 9.59 Å². The SMILES string of the molecule is CC(C)C(C)/C=C/C(C)C1CCC2C3=CC(=O)C4=CC(=O)CCC4(C)C3CCC21C. The molecule has 4 aliphatic carbocycles. The molecule has 0 N–H and O–H groups in total. The molecule has 0 saturated heterocycles. The van der Waals surface area contributed by atoms with Gasteiger partial charge in [0.2, 0.25) is 0 Å². The van der Waals surface area contributed by atoms with Crippen LogP contribution >= 0.6 is 0 Å². The fourth-order valence-electron chi connectivity index (χ4n) is 7.35. The normalized spacial score (nSPS) is 40.6. The highest BCUT2D eigenvalue weighted by Gasteiger charge is 2.58. The zero-order valence-electron chi connectivity index (χ0n) is 19.8. The van der Waals surface area contributed by atoms with Crippen LogP contribution < -0.4 is 0 Å². The van der Waals surface area contributed by atoms with Crippen LogP contribution in [0.15, 0.2) is 35.5 Å². The van der Waals surface area contributed by atoms with Crippen molar-refractivity contribution in [3.63, 3.8) is 0 Å². The summed E-state index contributed by atoms with van der Waals surface area (Å²) in [6.07, 6.45) is 14.8. The predicted molar refractivity (Wildman–Crippen MR) is 123 cm³/mol. The van der Waals surface area contributed by atoms with Gasteiger partial charge >= 0.3 is 0 Å². The first-order valence-electron chi connectivity index (χ1n) is 12.3. The molecule has 0 aromatic carbocycles. The molecular weight excluding hydrogens is 368 g/mol. The zero-order chi connectivity index (χ0) is 21.8. The molecule has 7 unspecified atom stereocenters. The lowest BCUT2D eigenvalue weighted by molar-refractivity contribution is -0.119. The van der Waals surface area contributed by atoms with Crippen LogP contribution in [0.5, 0.6) is 0 Å². The second kappa shape index (κ2) is 7.61. The Morgan fingerprint density at radius 3 is 2.37 bits per heavy atom. The molecule has 7 atom stereocenters. The van der Waals surface area contributed by atoms with Gasteiger partial charge in [-0.15, -0.1) is 0 Å². The third-order valence-corrected chi connectivity index (χ3v) is 9.73. The third kappa shape index (κ3) is 3.30. The highest BCUT2D eigenvalue weighted by atomic mass is 16.1. The lowest BCUT2D eigenvalue weighted by Gasteiger charge is -2.54. The van der Waals surface area contributed by atoms with Gasteiger partial charge in [0.15, 0.2) is 11.6 Å². The van der Waals surface area contributed by atoms with Crippen LogP contribution in [0.25, 0.3) is 0 Å². The summed E-state index contributed by atoms with van der Waals surface area (Å²) in [5.41, 5.74) is 2.38. The summed E-state index contributed by atoms with van der Waals surface area (Å²) in [5.74, 6) is 3.78. The number of fused-ring (bicyclic) bond motifs is 5. The van der Waals surface area contributed by atoms with E-state index in [-0.39, 0.29) is 22.4 Å². The summed E-state index contributed by atoms with van der Waals surface area (Å²) >= 11 is 0. The van der Waals surface area contributed by atoms with Crippen LogP contribution in [0, 0.1) is 46.3 Å². The van der Waals surface area contributed by atoms with E-state index >= 15 is 0 Å². The molecule has 0 bridgehead atoms. The second-order valence-corrected chi connectivity index (χ2v) is 11.6. The van der Waals surface area contributed by atoms with Crippen LogP contribution in [0.4, 0.5) is 0 Å². The third-order valence-electron chi connectivity index (χ3n) is 9.73. The van der Waals surface area contributed by atoms with Crippen molar-refractivity contribution in [2.75, 3.05) is 0 Å². The number of allylic oxidation sites excluding steroid dienone is 6. The molecule has 0 aromatic rings. The molecule has 4 aliphatic rings. The van der Waals surface area contributed by atoms with Crippen molar-refractivity contribution in [1.82, 2.24) is 0 Å². The van der Waals surface area contributed by atoms with Crippen molar-refractivity contribution in [1.29, 1.82) is 0 Å². The molecule has 0 heterocycles. The topological polar surface area (TPSA) is 34.1 Å². The Bertz CT molecular complexity index is 828. The Kier molecular flexibility index (Phi) is 5.52. The van der Waals surface area contributed by atoms with Crippen molar-refractivity contribution in [3.8, 4) is 0 Å². The summed E-state index contributed by atoms with van der Waals surface area (Å²) in [6.45, 7) is 14.1. The Hall–Kier alpha value is -1.44. The quantitative estimate of drug-likeness (QED) is 0.484. The number of hydrogen-bond acceptors (Lipinski definition) is 2. The highest BCUT2D eigenvalue weighted by Crippen LogP contribution is 2.65. The molecule has 2 saturated carbocycles. The first kappa shape index (κ1) is 21.8. The van der Waals surface area contributed by atoms with Crippen molar-refractivity contribution in [2.24, 2.45) is 46.3 Å². The minimum absolute atomic E-state index is 0.114. The number of carbonyl (C=O) groups excluding carboxylic acids is 2. The van der Waals surface area contributed by atoms with E-state index in [1.807, 2.05) is 6.08 Å². The van der Waals surface area contributed by atoms with E-state index in [0.717, 1.165) is 18.4 Å². The summed E-state index contributed by atoms with van der Waals surface area (Å²) in [5, 5.41) is 0. The van der Waals surface area contributed by atoms with Crippen LogP contribution in [0.1, 0.15) is 80.1 Å². The number of hydrogen-bond donors (Lipinski definition) is 0. The van der Waals surface area contributed by atoms with Gasteiger partial charge in [-0.1, -0.05) is 59.3 Å². The van der Waals surface area contributed by atoms with Crippen LogP contribution in [-0.2, 0) is 9.59 Å². The van der Waals surface area contributed by atoms with E-state index in [2.05, 4.69) is 53.7 Å². The van der Waals surface area contributed by atoms with Gasteiger partial charge in [0, 0.05) is 17.4 Å². The van der Waals surface area contributed by atoms with Gasteiger partial charge in [-0.05, 0) is 85.2 Å². The van der Waals surface area contributed by atoms with E-state index in [0.29, 0.717) is 41.9 Å². The molecule has 2 nitrogen and oxygen atoms in total. The second-order valence-electron chi connectivity index (χ2n) is 11.6. The molecular formula is C28H40O2. The molecule has 2 heteroatoms. The maximum atomic E-state index is 13.1. The molecule has 0 radical (unpaired) electrons. The Morgan fingerprint density at radius 2 is 1.67 bits per heavy atom. The number of rotatable bonds is 4. The van der Waals surface area contributed by atoms with Crippen LogP contribution in [-0.4, -0.2) is 11.6 Å². The summed E-state index contributed by atoms with van der Waals surface area (Å²) < 4.78 is 0. The Morgan fingerprint density at radius 1 is 0.933 bits per heavy atom. The molecule has 164 valence electrons. The maximum Gasteiger partial charge on any atom is 0.182 e. The highest BCUT2D eigenvalue weighted by molar-refractivity contribution is 6.11. The number of carbonyl (C=O) groups is 2. The Labute approximate surface area is 183 Å². The van der Waals surface area contributed by atoms with Crippen molar-refractivity contribution < 1.29 is 9.59 Å². The fourth-order valence-corrected chi connectivity index (χ4v) is 7.35. The predicted octanol–water partition coefficient (Wildman–Crippen LogP) is 6.72. The number of ketones is 2. The van der Waals surface area contributed by atoms with Crippen molar-refractivity contribution >= 4 is 11.6 Å². The smallest absolute Gasteiger partial charge is 0.182 e. The fraction of sp³-hybridized carbons (Fsp3) is 0.714. The van der Waals surface area contributed by atoms with Gasteiger partial charge < -0.3 is 0 Å². The van der Waals surface area contributed by atoms with Crippen molar-refractivity contribution in [3.05, 3.63) is 35.5 Å². The zero-order valence-corrected chi connectivity index (χ0v) is 19.8. The van der Waals surface area contributed by atoms with E-state index in [4.69, 9.17) is 0 Å². The van der Waals surface area contributed by atoms with E-state index in [1.54, 1.807) is 6.08 Å². The minimum atomic E-state index is -0.132. The molecule has 2 fully saturated rings. The Balaban J connectivity index is 1.62. The average Bonchev–Trinajstić information content (AvgIpc) is 3.04. The van der Waals surface area contributed by atoms with Crippen LogP contribution in [0.3, 0.4) is 0 Å². The monoisotopic (exact) mass is 408 g/mol. The van der Waals surface area contributed by atoms with Gasteiger partial charge in [0.05, 0.1) is 0 Å². The average molecular weight is 409 g/mol. The van der Waals surface area contributed by atoms with Gasteiger partial charge in [0.25, 0.3) is 0 Å². The van der Waals surface area contributed by atoms with E-state index in [1.165, 1.54) is 24.8 Å². The molecule has 0 spiro atoms. The van der Waals surface area contributed by atoms with Gasteiger partial charge in [0.1, 0.15) is 0 Å².